The van der Waals surface area contributed by atoms with Gasteiger partial charge in [0.2, 0.25) is 0 Å². The number of benzene rings is 2. The normalized spacial score (nSPS) is 13.7. The molecule has 11 heteroatoms. The van der Waals surface area contributed by atoms with Gasteiger partial charge in [0.25, 0.3) is 5.91 Å². The molecule has 0 radical (unpaired) electrons. The lowest BCUT2D eigenvalue weighted by Crippen LogP contribution is -2.42. The summed E-state index contributed by atoms with van der Waals surface area (Å²) in [4.78, 5) is 42.1. The van der Waals surface area contributed by atoms with Crippen LogP contribution in [-0.2, 0) is 4.74 Å². The van der Waals surface area contributed by atoms with Crippen LogP contribution in [0.2, 0.25) is 0 Å². The number of aromatic nitrogens is 4. The van der Waals surface area contributed by atoms with E-state index in [1.54, 1.807) is 19.1 Å². The molecule has 0 saturated carbocycles. The van der Waals surface area contributed by atoms with E-state index >= 15 is 0 Å². The number of halogens is 1. The highest BCUT2D eigenvalue weighted by Crippen LogP contribution is 2.21. The number of ether oxygens (including phenoxy) is 1. The molecule has 1 fully saturated rings. The number of hydrogen-bond acceptors (Lipinski definition) is 6. The lowest BCUT2D eigenvalue weighted by atomic mass is 10.1. The number of carbonyl (C=O) groups excluding carboxylic acids is 2. The summed E-state index contributed by atoms with van der Waals surface area (Å²) >= 11 is 0. The van der Waals surface area contributed by atoms with E-state index in [-0.39, 0.29) is 17.8 Å². The predicted octanol–water partition coefficient (Wildman–Crippen LogP) is 1.84. The molecule has 2 heterocycles. The Bertz CT molecular complexity index is 1250. The van der Waals surface area contributed by atoms with Gasteiger partial charge >= 0.3 is 11.7 Å². The fourth-order valence-electron chi connectivity index (χ4n) is 3.74. The molecule has 10 nitrogen and oxygen atoms in total. The quantitative estimate of drug-likeness (QED) is 0.558. The van der Waals surface area contributed by atoms with Gasteiger partial charge in [-0.25, -0.2) is 14.0 Å². The Morgan fingerprint density at radius 3 is 2.52 bits per heavy atom. The number of carbonyl (C=O) groups is 2. The Morgan fingerprint density at radius 2 is 1.82 bits per heavy atom. The molecule has 1 aliphatic heterocycles. The van der Waals surface area contributed by atoms with Crippen molar-refractivity contribution in [2.75, 3.05) is 37.7 Å². The zero-order chi connectivity index (χ0) is 23.5. The highest BCUT2D eigenvalue weighted by atomic mass is 19.1. The zero-order valence-electron chi connectivity index (χ0n) is 18.3. The van der Waals surface area contributed by atoms with Gasteiger partial charge in [0.1, 0.15) is 11.5 Å². The van der Waals surface area contributed by atoms with E-state index in [0.717, 1.165) is 11.6 Å². The van der Waals surface area contributed by atoms with Gasteiger partial charge in [-0.3, -0.25) is 9.69 Å². The smallest absolute Gasteiger partial charge is 0.377 e. The molecule has 172 valence electrons. The van der Waals surface area contributed by atoms with Gasteiger partial charge in [-0.05, 0) is 48.0 Å². The lowest BCUT2D eigenvalue weighted by Gasteiger charge is -2.27. The number of hydrogen-bond donors (Lipinski definition) is 0. The van der Waals surface area contributed by atoms with Crippen LogP contribution in [0.4, 0.5) is 14.9 Å². The van der Waals surface area contributed by atoms with Crippen LogP contribution in [-0.4, -0.2) is 69.5 Å². The molecule has 0 spiro atoms. The van der Waals surface area contributed by atoms with Crippen LogP contribution in [0.1, 0.15) is 22.8 Å². The van der Waals surface area contributed by atoms with Crippen molar-refractivity contribution < 1.29 is 18.7 Å². The maximum atomic E-state index is 14.9. The van der Waals surface area contributed by atoms with E-state index in [4.69, 9.17) is 4.74 Å². The maximum absolute atomic E-state index is 14.9. The average molecular weight is 454 g/mol. The van der Waals surface area contributed by atoms with Gasteiger partial charge in [0, 0.05) is 25.3 Å². The fourth-order valence-corrected chi connectivity index (χ4v) is 3.74. The molecule has 1 aromatic heterocycles. The number of para-hydroxylation sites is 2. The summed E-state index contributed by atoms with van der Waals surface area (Å²) in [6.07, 6.45) is 0. The number of morpholine rings is 1. The second-order valence-corrected chi connectivity index (χ2v) is 7.44. The summed E-state index contributed by atoms with van der Waals surface area (Å²) in [6.45, 7) is 5.29. The van der Waals surface area contributed by atoms with Crippen molar-refractivity contribution in [3.63, 3.8) is 0 Å². The molecule has 3 aromatic rings. The first-order chi connectivity index (χ1) is 15.9. The SMILES string of the molecule is CCN(C(=O)n1nnn(-c2c(F)cccc2C(=O)N2CCOCC2)c1=O)c1ccccc1C. The van der Waals surface area contributed by atoms with Gasteiger partial charge in [-0.15, -0.1) is 4.68 Å². The molecule has 2 aromatic carbocycles. The Morgan fingerprint density at radius 1 is 1.09 bits per heavy atom. The Balaban J connectivity index is 1.74. The van der Waals surface area contributed by atoms with E-state index < -0.39 is 23.4 Å². The van der Waals surface area contributed by atoms with Gasteiger partial charge < -0.3 is 9.64 Å². The topological polar surface area (TPSA) is 103 Å². The van der Waals surface area contributed by atoms with E-state index in [1.807, 2.05) is 19.1 Å². The third kappa shape index (κ3) is 4.14. The summed E-state index contributed by atoms with van der Waals surface area (Å²) in [5.74, 6) is -1.29. The molecule has 4 rings (SSSR count). The van der Waals surface area contributed by atoms with Crippen molar-refractivity contribution in [2.24, 2.45) is 0 Å². The Labute approximate surface area is 188 Å². The Kier molecular flexibility index (Phi) is 6.31. The Hall–Kier alpha value is -3.86. The molecule has 1 aliphatic rings. The second-order valence-electron chi connectivity index (χ2n) is 7.44. The van der Waals surface area contributed by atoms with E-state index in [2.05, 4.69) is 10.4 Å². The van der Waals surface area contributed by atoms with E-state index in [1.165, 1.54) is 21.9 Å². The monoisotopic (exact) mass is 454 g/mol. The molecule has 0 aliphatic carbocycles. The zero-order valence-corrected chi connectivity index (χ0v) is 18.3. The molecule has 0 N–H and O–H groups in total. The van der Waals surface area contributed by atoms with Crippen molar-refractivity contribution in [2.45, 2.75) is 13.8 Å². The van der Waals surface area contributed by atoms with Crippen LogP contribution < -0.4 is 10.6 Å². The largest absolute Gasteiger partial charge is 0.378 e. The average Bonchev–Trinajstić information content (AvgIpc) is 3.21. The summed E-state index contributed by atoms with van der Waals surface area (Å²) < 4.78 is 21.3. The van der Waals surface area contributed by atoms with Crippen molar-refractivity contribution in [3.05, 3.63) is 69.9 Å². The van der Waals surface area contributed by atoms with Gasteiger partial charge in [-0.1, -0.05) is 24.3 Å². The van der Waals surface area contributed by atoms with E-state index in [9.17, 15) is 18.8 Å². The molecule has 1 saturated heterocycles. The number of rotatable bonds is 4. The van der Waals surface area contributed by atoms with Crippen LogP contribution in [0.15, 0.2) is 47.3 Å². The minimum absolute atomic E-state index is 0.0512. The van der Waals surface area contributed by atoms with Gasteiger partial charge in [-0.2, -0.15) is 4.68 Å². The summed E-state index contributed by atoms with van der Waals surface area (Å²) in [5, 5.41) is 7.41. The first-order valence-corrected chi connectivity index (χ1v) is 10.5. The molecule has 0 bridgehead atoms. The number of tetrazole rings is 1. The minimum Gasteiger partial charge on any atom is -0.378 e. The third-order valence-electron chi connectivity index (χ3n) is 5.44. The number of amides is 2. The summed E-state index contributed by atoms with van der Waals surface area (Å²) in [7, 11) is 0. The van der Waals surface area contributed by atoms with Gasteiger partial charge in [0.05, 0.1) is 18.8 Å². The molecular weight excluding hydrogens is 431 g/mol. The predicted molar refractivity (Wildman–Crippen MR) is 117 cm³/mol. The van der Waals surface area contributed by atoms with Crippen molar-refractivity contribution in [3.8, 4) is 5.69 Å². The first kappa shape index (κ1) is 22.3. The fraction of sp³-hybridized carbons (Fsp3) is 0.318. The lowest BCUT2D eigenvalue weighted by molar-refractivity contribution is 0.0302. The summed E-state index contributed by atoms with van der Waals surface area (Å²) in [6, 6.07) is 10.4. The van der Waals surface area contributed by atoms with Crippen molar-refractivity contribution in [1.82, 2.24) is 24.7 Å². The second kappa shape index (κ2) is 9.33. The summed E-state index contributed by atoms with van der Waals surface area (Å²) in [5.41, 5.74) is 0.0658. The molecule has 2 amide bonds. The van der Waals surface area contributed by atoms with Crippen molar-refractivity contribution >= 4 is 17.6 Å². The number of aryl methyl sites for hydroxylation is 1. The van der Waals surface area contributed by atoms with Crippen LogP contribution in [0.3, 0.4) is 0 Å². The molecule has 33 heavy (non-hydrogen) atoms. The highest BCUT2D eigenvalue weighted by molar-refractivity contribution is 5.98. The molecule has 0 unspecified atom stereocenters. The van der Waals surface area contributed by atoms with Crippen LogP contribution in [0.25, 0.3) is 5.69 Å². The first-order valence-electron chi connectivity index (χ1n) is 10.5. The molecular formula is C22H23FN6O4. The van der Waals surface area contributed by atoms with Crippen LogP contribution in [0.5, 0.6) is 0 Å². The standard InChI is InChI=1S/C22H23FN6O4/c1-3-27(18-10-5-4-7-15(18)2)21(31)29-22(32)28(24-25-29)19-16(8-6-9-17(19)23)20(30)26-11-13-33-14-12-26/h4-10H,3,11-14H2,1-2H3. The minimum atomic E-state index is -0.979. The maximum Gasteiger partial charge on any atom is 0.377 e. The van der Waals surface area contributed by atoms with E-state index in [0.29, 0.717) is 41.4 Å². The van der Waals surface area contributed by atoms with Gasteiger partial charge in [0.15, 0.2) is 0 Å². The highest BCUT2D eigenvalue weighted by Gasteiger charge is 2.28. The third-order valence-corrected chi connectivity index (χ3v) is 5.44. The van der Waals surface area contributed by atoms with Crippen molar-refractivity contribution in [1.29, 1.82) is 0 Å². The van der Waals surface area contributed by atoms with Crippen LogP contribution >= 0.6 is 0 Å². The number of nitrogens with zero attached hydrogens (tertiary/aromatic N) is 6. The molecule has 0 atom stereocenters. The number of anilines is 1. The van der Waals surface area contributed by atoms with Crippen LogP contribution in [0, 0.1) is 12.7 Å².